The van der Waals surface area contributed by atoms with Gasteiger partial charge in [-0.05, 0) is 55.9 Å². The first-order valence-electron chi connectivity index (χ1n) is 15.7. The second kappa shape index (κ2) is 27.6. The molecule has 0 bridgehead atoms. The van der Waals surface area contributed by atoms with Crippen LogP contribution in [0.15, 0.2) is 34.8 Å². The summed E-state index contributed by atoms with van der Waals surface area (Å²) in [6.45, 7) is 23.3. The Balaban J connectivity index is 0. The molecule has 1 atom stereocenters. The number of hydrogen-bond acceptors (Lipinski definition) is 4. The summed E-state index contributed by atoms with van der Waals surface area (Å²) < 4.78 is 32.2. The summed E-state index contributed by atoms with van der Waals surface area (Å²) >= 11 is 0. The normalized spacial score (nSPS) is 14.8. The topological polar surface area (TPSA) is 37.3 Å². The number of amidine groups is 1. The second-order valence-corrected chi connectivity index (χ2v) is 11.0. The van der Waals surface area contributed by atoms with Gasteiger partial charge in [0.1, 0.15) is 5.84 Å². The molecule has 0 aromatic heterocycles. The summed E-state index contributed by atoms with van der Waals surface area (Å²) in [6, 6.07) is 7.24. The minimum atomic E-state index is -2.06. The standard InChI is InChI=1S/C19H38N2.C8H6F2O.C7H15NO.U/c1-8-11-18(16(4)5)15-19(20-7)21(13-9-2)14-12-17(6)10-3;1-6-2-4-7(5-3-6)11-8(9)10;1-2-3-8-4-6-9-7-5-8;/h15-17H,8-14H2,1-7H3;2-4H,1H3;2-7H2,1H3;/q;-2;;+2/b18-15+,20-19?;;;. The number of benzene rings is 1. The van der Waals surface area contributed by atoms with Gasteiger partial charge < -0.3 is 23.2 Å². The van der Waals surface area contributed by atoms with E-state index in [1.165, 1.54) is 62.5 Å². The molecule has 0 N–H and O–H groups in total. The van der Waals surface area contributed by atoms with Gasteiger partial charge in [0.2, 0.25) is 0 Å². The van der Waals surface area contributed by atoms with Crippen LogP contribution < -0.4 is 4.74 Å². The van der Waals surface area contributed by atoms with E-state index in [4.69, 9.17) is 4.74 Å². The van der Waals surface area contributed by atoms with Crippen molar-refractivity contribution in [1.82, 2.24) is 9.80 Å². The molecule has 8 heteroatoms. The molecule has 1 aliphatic heterocycles. The molecular formula is C34H59F2N3O2U. The number of rotatable bonds is 14. The first kappa shape index (κ1) is 43.2. The van der Waals surface area contributed by atoms with Gasteiger partial charge in [-0.1, -0.05) is 73.8 Å². The van der Waals surface area contributed by atoms with Crippen LogP contribution in [0, 0.1) is 62.6 Å². The van der Waals surface area contributed by atoms with Gasteiger partial charge in [-0.25, -0.2) is 0 Å². The first-order valence-corrected chi connectivity index (χ1v) is 15.7. The monoisotopic (exact) mass is 818 g/mol. The largest absolute Gasteiger partial charge is 2.00 e. The Morgan fingerprint density at radius 1 is 1.10 bits per heavy atom. The molecule has 1 aromatic carbocycles. The van der Waals surface area contributed by atoms with Crippen molar-refractivity contribution in [2.75, 3.05) is 53.0 Å². The molecule has 0 amide bonds. The third-order valence-electron chi connectivity index (χ3n) is 7.00. The minimum Gasteiger partial charge on any atom is -0.618 e. The Hall–Kier alpha value is -0.938. The maximum absolute atomic E-state index is 11.5. The van der Waals surface area contributed by atoms with E-state index >= 15 is 0 Å². The van der Waals surface area contributed by atoms with Gasteiger partial charge in [0.25, 0.3) is 0 Å². The van der Waals surface area contributed by atoms with Crippen LogP contribution in [0.5, 0.6) is 5.75 Å². The summed E-state index contributed by atoms with van der Waals surface area (Å²) in [6.07, 6.45) is 9.71. The number of aliphatic imine (C=N–C) groups is 1. The van der Waals surface area contributed by atoms with Gasteiger partial charge in [0.05, 0.1) is 13.2 Å². The van der Waals surface area contributed by atoms with Crippen LogP contribution >= 0.6 is 0 Å². The summed E-state index contributed by atoms with van der Waals surface area (Å²) in [5.41, 5.74) is 2.49. The summed E-state index contributed by atoms with van der Waals surface area (Å²) in [5.74, 6) is 2.62. The number of halogens is 2. The van der Waals surface area contributed by atoms with Crippen LogP contribution in [0.25, 0.3) is 0 Å². The third kappa shape index (κ3) is 21.7. The number of ether oxygens (including phenoxy) is 2. The van der Waals surface area contributed by atoms with E-state index in [2.05, 4.69) is 80.1 Å². The molecule has 1 saturated heterocycles. The molecule has 1 heterocycles. The van der Waals surface area contributed by atoms with E-state index < -0.39 is 6.61 Å². The zero-order valence-corrected chi connectivity index (χ0v) is 32.2. The number of morpholine rings is 1. The van der Waals surface area contributed by atoms with Crippen LogP contribution in [-0.4, -0.2) is 68.6 Å². The van der Waals surface area contributed by atoms with Gasteiger partial charge in [0.15, 0.2) is 6.61 Å². The molecule has 5 nitrogen and oxygen atoms in total. The van der Waals surface area contributed by atoms with Crippen molar-refractivity contribution in [3.8, 4) is 5.75 Å². The van der Waals surface area contributed by atoms with Gasteiger partial charge >= 0.3 is 31.1 Å². The van der Waals surface area contributed by atoms with Crippen LogP contribution in [0.2, 0.25) is 0 Å². The van der Waals surface area contributed by atoms with E-state index in [0.717, 1.165) is 50.9 Å². The summed E-state index contributed by atoms with van der Waals surface area (Å²) in [7, 11) is 1.93. The van der Waals surface area contributed by atoms with Gasteiger partial charge in [-0.3, -0.25) is 9.89 Å². The molecule has 42 heavy (non-hydrogen) atoms. The van der Waals surface area contributed by atoms with Crippen LogP contribution in [0.4, 0.5) is 8.78 Å². The molecule has 1 unspecified atom stereocenters. The van der Waals surface area contributed by atoms with Crippen molar-refractivity contribution < 1.29 is 49.4 Å². The SMILES string of the molecule is CCC/C(=C\C(=NC)N(CCC)CCC(C)CC)C(C)C.CCCN1CCOCC1.Cc1c[c-]c(O[C-](F)F)cc1.[U+2]. The average molecular weight is 818 g/mol. The molecule has 0 spiro atoms. The molecule has 0 aliphatic carbocycles. The number of aryl methyl sites for hydroxylation is 1. The number of nitrogens with zero attached hydrogens (tertiary/aromatic N) is 3. The van der Waals surface area contributed by atoms with Gasteiger partial charge in [-0.2, -0.15) is 17.7 Å². The van der Waals surface area contributed by atoms with Crippen molar-refractivity contribution in [2.24, 2.45) is 16.8 Å². The van der Waals surface area contributed by atoms with Crippen LogP contribution in [-0.2, 0) is 4.74 Å². The van der Waals surface area contributed by atoms with Crippen LogP contribution in [0.3, 0.4) is 0 Å². The van der Waals surface area contributed by atoms with Gasteiger partial charge in [0, 0.05) is 33.2 Å². The fourth-order valence-electron chi connectivity index (χ4n) is 4.25. The Bertz CT molecular complexity index is 811. The summed E-state index contributed by atoms with van der Waals surface area (Å²) in [5, 5.41) is 0. The predicted octanol–water partition coefficient (Wildman–Crippen LogP) is 8.83. The zero-order valence-electron chi connectivity index (χ0n) is 28.1. The molecule has 1 aliphatic rings. The molecule has 240 valence electrons. The molecular weight excluding hydrogens is 758 g/mol. The smallest absolute Gasteiger partial charge is 0.618 e. The zero-order chi connectivity index (χ0) is 31.0. The van der Waals surface area contributed by atoms with Crippen LogP contribution in [0.1, 0.15) is 92.6 Å². The number of hydrogen-bond donors (Lipinski definition) is 0. The van der Waals surface area contributed by atoms with Gasteiger partial charge in [-0.15, -0.1) is 12.1 Å². The fourth-order valence-corrected chi connectivity index (χ4v) is 4.25. The Morgan fingerprint density at radius 2 is 1.76 bits per heavy atom. The van der Waals surface area contributed by atoms with Crippen molar-refractivity contribution >= 4 is 5.84 Å². The van der Waals surface area contributed by atoms with Crippen molar-refractivity contribution in [3.05, 3.63) is 48.1 Å². The fraction of sp³-hybridized carbons (Fsp3) is 0.706. The Morgan fingerprint density at radius 3 is 2.21 bits per heavy atom. The Kier molecular flexibility index (Phi) is 28.4. The number of allylic oxidation sites excluding steroid dienone is 1. The average Bonchev–Trinajstić information content (AvgIpc) is 2.95. The quantitative estimate of drug-likeness (QED) is 0.107. The minimum absolute atomic E-state index is 0. The van der Waals surface area contributed by atoms with Crippen molar-refractivity contribution in [1.29, 1.82) is 0 Å². The van der Waals surface area contributed by atoms with Crippen molar-refractivity contribution in [2.45, 2.75) is 93.9 Å². The molecule has 1 fully saturated rings. The van der Waals surface area contributed by atoms with E-state index in [-0.39, 0.29) is 36.9 Å². The van der Waals surface area contributed by atoms with E-state index in [9.17, 15) is 8.78 Å². The van der Waals surface area contributed by atoms with E-state index in [1.54, 1.807) is 12.1 Å². The molecule has 1 aromatic rings. The second-order valence-electron chi connectivity index (χ2n) is 11.0. The molecule has 0 radical (unpaired) electrons. The van der Waals surface area contributed by atoms with E-state index in [0.29, 0.717) is 5.92 Å². The third-order valence-corrected chi connectivity index (χ3v) is 7.00. The molecule has 0 saturated carbocycles. The predicted molar refractivity (Wildman–Crippen MR) is 171 cm³/mol. The maximum atomic E-state index is 11.5. The maximum Gasteiger partial charge on any atom is 2.00 e. The Labute approximate surface area is 281 Å². The summed E-state index contributed by atoms with van der Waals surface area (Å²) in [4.78, 5) is 9.51. The van der Waals surface area contributed by atoms with Crippen molar-refractivity contribution in [3.63, 3.8) is 0 Å². The molecule has 2 rings (SSSR count). The first-order chi connectivity index (χ1) is 19.6. The van der Waals surface area contributed by atoms with E-state index in [1.807, 2.05) is 14.0 Å².